The van der Waals surface area contributed by atoms with E-state index in [-0.39, 0.29) is 11.5 Å². The average molecular weight is 356 g/mol. The molecule has 7 nitrogen and oxygen atoms in total. The molecular weight excluding hydrogens is 340 g/mol. The first kappa shape index (κ1) is 16.7. The average Bonchev–Trinajstić information content (AvgIpc) is 2.95. The molecule has 0 spiro atoms. The number of phenolic OH excluding ortho intramolecular Hbond substituents is 2. The normalized spacial score (nSPS) is 11.1. The van der Waals surface area contributed by atoms with Gasteiger partial charge in [0.2, 0.25) is 4.77 Å². The minimum absolute atomic E-state index is 0.0250. The van der Waals surface area contributed by atoms with E-state index in [4.69, 9.17) is 17.0 Å². The summed E-state index contributed by atoms with van der Waals surface area (Å²) >= 11 is 5.22. The quantitative estimate of drug-likeness (QED) is 0.481. The van der Waals surface area contributed by atoms with Gasteiger partial charge in [0, 0.05) is 17.2 Å². The number of aromatic nitrogens is 3. The summed E-state index contributed by atoms with van der Waals surface area (Å²) in [7, 11) is 0. The third-order valence-corrected chi connectivity index (χ3v) is 3.64. The van der Waals surface area contributed by atoms with Crippen LogP contribution in [-0.4, -0.2) is 37.9 Å². The largest absolute Gasteiger partial charge is 0.508 e. The molecule has 0 amide bonds. The molecule has 0 saturated carbocycles. The molecule has 3 rings (SSSR count). The Bertz CT molecular complexity index is 978. The van der Waals surface area contributed by atoms with Crippen LogP contribution in [0.4, 0.5) is 0 Å². The molecule has 1 heterocycles. The van der Waals surface area contributed by atoms with E-state index in [1.807, 2.05) is 31.2 Å². The zero-order valence-electron chi connectivity index (χ0n) is 13.4. The Morgan fingerprint density at radius 3 is 2.88 bits per heavy atom. The molecule has 25 heavy (non-hydrogen) atoms. The molecule has 2 aromatic carbocycles. The Morgan fingerprint density at radius 1 is 1.28 bits per heavy atom. The predicted molar refractivity (Wildman–Crippen MR) is 96.8 cm³/mol. The fraction of sp³-hybridized carbons (Fsp3) is 0.118. The fourth-order valence-electron chi connectivity index (χ4n) is 2.24. The highest BCUT2D eigenvalue weighted by molar-refractivity contribution is 7.71. The molecule has 0 aliphatic heterocycles. The molecule has 8 heteroatoms. The number of nitrogens with zero attached hydrogens (tertiary/aromatic N) is 3. The number of benzene rings is 2. The van der Waals surface area contributed by atoms with Crippen molar-refractivity contribution < 1.29 is 14.9 Å². The van der Waals surface area contributed by atoms with Gasteiger partial charge in [0.1, 0.15) is 17.2 Å². The molecule has 3 N–H and O–H groups in total. The Kier molecular flexibility index (Phi) is 4.80. The number of phenols is 2. The van der Waals surface area contributed by atoms with Crippen LogP contribution >= 0.6 is 12.2 Å². The van der Waals surface area contributed by atoms with Crippen LogP contribution < -0.4 is 4.74 Å². The Balaban J connectivity index is 1.98. The molecule has 0 atom stereocenters. The highest BCUT2D eigenvalue weighted by Gasteiger charge is 2.09. The molecule has 0 fully saturated rings. The molecule has 0 bridgehead atoms. The lowest BCUT2D eigenvalue weighted by Crippen LogP contribution is -1.96. The van der Waals surface area contributed by atoms with E-state index in [2.05, 4.69) is 15.3 Å². The van der Waals surface area contributed by atoms with E-state index >= 15 is 0 Å². The number of hydrogen-bond donors (Lipinski definition) is 3. The van der Waals surface area contributed by atoms with Gasteiger partial charge in [-0.2, -0.15) is 14.9 Å². The van der Waals surface area contributed by atoms with E-state index in [0.717, 1.165) is 11.3 Å². The van der Waals surface area contributed by atoms with Crippen LogP contribution in [0, 0.1) is 4.77 Å². The number of ether oxygens (including phenoxy) is 1. The number of aromatic hydroxyl groups is 2. The van der Waals surface area contributed by atoms with Crippen LogP contribution in [0.3, 0.4) is 0 Å². The van der Waals surface area contributed by atoms with Crippen molar-refractivity contribution in [2.45, 2.75) is 6.92 Å². The topological polar surface area (TPSA) is 95.7 Å². The number of H-pyrrole nitrogens is 1. The third-order valence-electron chi connectivity index (χ3n) is 3.38. The van der Waals surface area contributed by atoms with Crippen molar-refractivity contribution in [3.8, 4) is 28.6 Å². The van der Waals surface area contributed by atoms with Crippen molar-refractivity contribution in [1.29, 1.82) is 0 Å². The number of aromatic amines is 1. The maximum atomic E-state index is 9.84. The van der Waals surface area contributed by atoms with Crippen molar-refractivity contribution in [2.24, 2.45) is 5.10 Å². The molecular formula is C17H16N4O3S. The van der Waals surface area contributed by atoms with Gasteiger partial charge in [-0.05, 0) is 43.4 Å². The first-order valence-corrected chi connectivity index (χ1v) is 7.96. The highest BCUT2D eigenvalue weighted by atomic mass is 32.1. The maximum absolute atomic E-state index is 9.84. The third kappa shape index (κ3) is 3.69. The molecule has 0 aliphatic rings. The van der Waals surface area contributed by atoms with Crippen molar-refractivity contribution >= 4 is 18.4 Å². The van der Waals surface area contributed by atoms with Crippen molar-refractivity contribution in [3.05, 3.63) is 52.8 Å². The molecule has 1 aromatic heterocycles. The summed E-state index contributed by atoms with van der Waals surface area (Å²) in [4.78, 5) is 0. The zero-order chi connectivity index (χ0) is 17.8. The molecule has 0 unspecified atom stereocenters. The van der Waals surface area contributed by atoms with Gasteiger partial charge in [0.25, 0.3) is 0 Å². The van der Waals surface area contributed by atoms with Crippen molar-refractivity contribution in [1.82, 2.24) is 14.9 Å². The molecule has 0 radical (unpaired) electrons. The Morgan fingerprint density at radius 2 is 2.12 bits per heavy atom. The van der Waals surface area contributed by atoms with Crippen LogP contribution in [0.5, 0.6) is 17.2 Å². The van der Waals surface area contributed by atoms with E-state index < -0.39 is 0 Å². The van der Waals surface area contributed by atoms with E-state index in [0.29, 0.717) is 22.8 Å². The first-order chi connectivity index (χ1) is 12.1. The first-order valence-electron chi connectivity index (χ1n) is 7.55. The Labute approximate surface area is 148 Å². The fourth-order valence-corrected chi connectivity index (χ4v) is 2.42. The minimum Gasteiger partial charge on any atom is -0.508 e. The van der Waals surface area contributed by atoms with Crippen LogP contribution in [0.1, 0.15) is 12.5 Å². The monoisotopic (exact) mass is 356 g/mol. The second-order valence-electron chi connectivity index (χ2n) is 5.11. The van der Waals surface area contributed by atoms with Crippen molar-refractivity contribution in [2.75, 3.05) is 6.61 Å². The summed E-state index contributed by atoms with van der Waals surface area (Å²) in [5, 5.41) is 30.4. The second-order valence-corrected chi connectivity index (χ2v) is 5.50. The summed E-state index contributed by atoms with van der Waals surface area (Å²) in [6.07, 6.45) is 1.44. The SMILES string of the molecule is CCOc1cccc(-c2n[nH]c(=S)n2N=Cc2ccc(O)cc2O)c1. The summed E-state index contributed by atoms with van der Waals surface area (Å²) in [6.45, 7) is 2.48. The van der Waals surface area contributed by atoms with Crippen LogP contribution in [-0.2, 0) is 0 Å². The van der Waals surface area contributed by atoms with Crippen molar-refractivity contribution in [3.63, 3.8) is 0 Å². The van der Waals surface area contributed by atoms with E-state index in [9.17, 15) is 10.2 Å². The number of nitrogens with one attached hydrogen (secondary N) is 1. The summed E-state index contributed by atoms with van der Waals surface area (Å²) in [5.74, 6) is 1.13. The highest BCUT2D eigenvalue weighted by Crippen LogP contribution is 2.24. The van der Waals surface area contributed by atoms with Gasteiger partial charge in [-0.1, -0.05) is 12.1 Å². The van der Waals surface area contributed by atoms with Gasteiger partial charge in [-0.15, -0.1) is 0 Å². The molecule has 128 valence electrons. The van der Waals surface area contributed by atoms with Crippen LogP contribution in [0.25, 0.3) is 11.4 Å². The van der Waals surface area contributed by atoms with Gasteiger partial charge in [-0.3, -0.25) is 0 Å². The minimum atomic E-state index is -0.0846. The van der Waals surface area contributed by atoms with E-state index in [1.54, 1.807) is 6.07 Å². The summed E-state index contributed by atoms with van der Waals surface area (Å²) in [5.41, 5.74) is 1.22. The lowest BCUT2D eigenvalue weighted by atomic mass is 10.2. The van der Waals surface area contributed by atoms with Crippen LogP contribution in [0.15, 0.2) is 47.6 Å². The summed E-state index contributed by atoms with van der Waals surface area (Å²) in [6, 6.07) is 11.7. The van der Waals surface area contributed by atoms with Gasteiger partial charge < -0.3 is 14.9 Å². The standard InChI is InChI=1S/C17H16N4O3S/c1-2-24-14-5-3-4-11(8-14)16-19-20-17(25)21(16)18-10-12-6-7-13(22)9-15(12)23/h3-10,22-23H,2H2,1H3,(H,20,25). The van der Waals surface area contributed by atoms with E-state index in [1.165, 1.54) is 23.0 Å². The summed E-state index contributed by atoms with van der Waals surface area (Å²) < 4.78 is 7.26. The maximum Gasteiger partial charge on any atom is 0.216 e. The van der Waals surface area contributed by atoms with Crippen LogP contribution in [0.2, 0.25) is 0 Å². The molecule has 0 aliphatic carbocycles. The Hall–Kier alpha value is -3.13. The smallest absolute Gasteiger partial charge is 0.216 e. The molecule has 0 saturated heterocycles. The predicted octanol–water partition coefficient (Wildman–Crippen LogP) is 3.30. The van der Waals surface area contributed by atoms with Gasteiger partial charge in [-0.25, -0.2) is 5.10 Å². The number of rotatable bonds is 5. The number of hydrogen-bond acceptors (Lipinski definition) is 6. The molecule has 3 aromatic rings. The van der Waals surface area contributed by atoms with Gasteiger partial charge in [0.05, 0.1) is 12.8 Å². The lowest BCUT2D eigenvalue weighted by molar-refractivity contribution is 0.340. The second kappa shape index (κ2) is 7.18. The van der Waals surface area contributed by atoms with Gasteiger partial charge in [0.15, 0.2) is 5.82 Å². The lowest BCUT2D eigenvalue weighted by Gasteiger charge is -2.05. The zero-order valence-corrected chi connectivity index (χ0v) is 14.2. The van der Waals surface area contributed by atoms with Gasteiger partial charge >= 0.3 is 0 Å².